The van der Waals surface area contributed by atoms with Gasteiger partial charge in [-0.25, -0.2) is 0 Å². The molecular weight excluding hydrogens is 266 g/mol. The van der Waals surface area contributed by atoms with E-state index in [1.54, 1.807) is 11.3 Å². The lowest BCUT2D eigenvalue weighted by molar-refractivity contribution is 0.112. The lowest BCUT2D eigenvalue weighted by Gasteiger charge is -2.00. The van der Waals surface area contributed by atoms with Gasteiger partial charge in [0.15, 0.2) is 6.29 Å². The van der Waals surface area contributed by atoms with E-state index in [9.17, 15) is 4.79 Å². The first-order valence-corrected chi connectivity index (χ1v) is 7.49. The minimum absolute atomic E-state index is 0.780. The highest BCUT2D eigenvalue weighted by atomic mass is 32.1. The zero-order chi connectivity index (χ0) is 14.4. The number of benzene rings is 1. The molecule has 0 aliphatic heterocycles. The van der Waals surface area contributed by atoms with E-state index in [1.807, 2.05) is 0 Å². The Labute approximate surface area is 122 Å². The van der Waals surface area contributed by atoms with Crippen LogP contribution in [0.3, 0.4) is 0 Å². The molecule has 102 valence electrons. The fourth-order valence-electron chi connectivity index (χ4n) is 2.85. The summed E-state index contributed by atoms with van der Waals surface area (Å²) in [5.41, 5.74) is 6.26. The van der Waals surface area contributed by atoms with Crippen LogP contribution in [0.2, 0.25) is 0 Å². The predicted octanol–water partition coefficient (Wildman–Crippen LogP) is 4.94. The van der Waals surface area contributed by atoms with Crippen molar-refractivity contribution in [2.75, 3.05) is 0 Å². The second-order valence-electron chi connectivity index (χ2n) is 5.31. The fourth-order valence-corrected chi connectivity index (χ4v) is 3.78. The molecule has 0 aliphatic rings. The number of aromatic nitrogens is 1. The van der Waals surface area contributed by atoms with Gasteiger partial charge in [-0.1, -0.05) is 12.1 Å². The van der Waals surface area contributed by atoms with E-state index in [4.69, 9.17) is 0 Å². The van der Waals surface area contributed by atoms with Crippen molar-refractivity contribution in [3.05, 3.63) is 44.6 Å². The highest BCUT2D eigenvalue weighted by Crippen LogP contribution is 2.37. The maximum absolute atomic E-state index is 11.6. The largest absolute Gasteiger partial charge is 0.354 e. The van der Waals surface area contributed by atoms with Crippen LogP contribution in [0.5, 0.6) is 0 Å². The number of thiophene rings is 1. The van der Waals surface area contributed by atoms with E-state index in [1.165, 1.54) is 15.3 Å². The van der Waals surface area contributed by atoms with Crippen LogP contribution >= 0.6 is 11.3 Å². The van der Waals surface area contributed by atoms with Crippen LogP contribution < -0.4 is 0 Å². The third-order valence-corrected chi connectivity index (χ3v) is 4.80. The molecule has 0 saturated carbocycles. The molecule has 0 fully saturated rings. The van der Waals surface area contributed by atoms with Crippen LogP contribution in [0.4, 0.5) is 0 Å². The third-order valence-electron chi connectivity index (χ3n) is 3.84. The molecule has 0 spiro atoms. The van der Waals surface area contributed by atoms with Crippen LogP contribution in [-0.2, 0) is 0 Å². The van der Waals surface area contributed by atoms with E-state index >= 15 is 0 Å². The zero-order valence-corrected chi connectivity index (χ0v) is 12.9. The summed E-state index contributed by atoms with van der Waals surface area (Å²) in [7, 11) is 0. The number of hydrogen-bond donors (Lipinski definition) is 1. The number of nitrogens with one attached hydrogen (secondary N) is 1. The van der Waals surface area contributed by atoms with E-state index in [0.717, 1.165) is 39.6 Å². The molecule has 0 saturated heterocycles. The first-order chi connectivity index (χ1) is 9.52. The van der Waals surface area contributed by atoms with Crippen molar-refractivity contribution < 1.29 is 4.79 Å². The van der Waals surface area contributed by atoms with Crippen molar-refractivity contribution in [1.82, 2.24) is 4.98 Å². The molecule has 0 radical (unpaired) electrons. The predicted molar refractivity (Wildman–Crippen MR) is 85.9 cm³/mol. The first-order valence-electron chi connectivity index (χ1n) is 6.67. The molecule has 0 unspecified atom stereocenters. The van der Waals surface area contributed by atoms with Crippen LogP contribution in [0, 0.1) is 27.7 Å². The molecule has 3 rings (SSSR count). The fraction of sp³-hybridized carbons (Fsp3) is 0.235. The second-order valence-corrected chi connectivity index (χ2v) is 6.77. The number of fused-ring (bicyclic) bond motifs is 1. The quantitative estimate of drug-likeness (QED) is 0.664. The van der Waals surface area contributed by atoms with Gasteiger partial charge in [-0.15, -0.1) is 11.3 Å². The van der Waals surface area contributed by atoms with E-state index < -0.39 is 0 Å². The number of aldehydes is 1. The lowest BCUT2D eigenvalue weighted by Crippen LogP contribution is -1.85. The minimum atomic E-state index is 0.780. The SMILES string of the molecule is Cc1cc(-c2[nH]c3c(C)ccc(C)c3c2C=O)c(C)s1. The molecule has 1 N–H and O–H groups in total. The summed E-state index contributed by atoms with van der Waals surface area (Å²) in [6.07, 6.45) is 0.979. The summed E-state index contributed by atoms with van der Waals surface area (Å²) in [6, 6.07) is 6.33. The molecule has 2 aromatic heterocycles. The molecular formula is C17H17NOS. The van der Waals surface area contributed by atoms with Crippen molar-refractivity contribution >= 4 is 28.5 Å². The van der Waals surface area contributed by atoms with Gasteiger partial charge in [-0.3, -0.25) is 4.79 Å². The van der Waals surface area contributed by atoms with E-state index in [-0.39, 0.29) is 0 Å². The van der Waals surface area contributed by atoms with Gasteiger partial charge in [0.2, 0.25) is 0 Å². The van der Waals surface area contributed by atoms with Gasteiger partial charge in [0, 0.05) is 31.8 Å². The minimum Gasteiger partial charge on any atom is -0.354 e. The monoisotopic (exact) mass is 283 g/mol. The molecule has 2 nitrogen and oxygen atoms in total. The maximum atomic E-state index is 11.6. The topological polar surface area (TPSA) is 32.9 Å². The second kappa shape index (κ2) is 4.60. The Hall–Kier alpha value is -1.87. The van der Waals surface area contributed by atoms with Crippen molar-refractivity contribution in [3.63, 3.8) is 0 Å². The van der Waals surface area contributed by atoms with Crippen molar-refractivity contribution in [1.29, 1.82) is 0 Å². The highest BCUT2D eigenvalue weighted by molar-refractivity contribution is 7.12. The van der Waals surface area contributed by atoms with Crippen molar-refractivity contribution in [2.45, 2.75) is 27.7 Å². The molecule has 2 heterocycles. The number of carbonyl (C=O) groups excluding carboxylic acids is 1. The van der Waals surface area contributed by atoms with Gasteiger partial charge >= 0.3 is 0 Å². The number of hydrogen-bond acceptors (Lipinski definition) is 2. The Morgan fingerprint density at radius 1 is 1.10 bits per heavy atom. The number of aromatic amines is 1. The normalized spacial score (nSPS) is 11.2. The summed E-state index contributed by atoms with van der Waals surface area (Å²) >= 11 is 1.77. The summed E-state index contributed by atoms with van der Waals surface area (Å²) in [6.45, 7) is 8.33. The average Bonchev–Trinajstić information content (AvgIpc) is 2.94. The van der Waals surface area contributed by atoms with Gasteiger partial charge < -0.3 is 4.98 Å². The number of aryl methyl sites for hydroxylation is 4. The van der Waals surface area contributed by atoms with Crippen LogP contribution in [-0.4, -0.2) is 11.3 Å². The Bertz CT molecular complexity index is 823. The Kier molecular flexibility index (Phi) is 3.02. The summed E-state index contributed by atoms with van der Waals surface area (Å²) in [5, 5.41) is 1.05. The molecule has 20 heavy (non-hydrogen) atoms. The summed E-state index contributed by atoms with van der Waals surface area (Å²) in [4.78, 5) is 17.6. The van der Waals surface area contributed by atoms with Gasteiger partial charge in [0.1, 0.15) is 0 Å². The highest BCUT2D eigenvalue weighted by Gasteiger charge is 2.18. The zero-order valence-electron chi connectivity index (χ0n) is 12.1. The van der Waals surface area contributed by atoms with Gasteiger partial charge in [-0.2, -0.15) is 0 Å². The Morgan fingerprint density at radius 3 is 2.40 bits per heavy atom. The van der Waals surface area contributed by atoms with Crippen molar-refractivity contribution in [2.24, 2.45) is 0 Å². The summed E-state index contributed by atoms with van der Waals surface area (Å²) < 4.78 is 0. The van der Waals surface area contributed by atoms with Crippen LogP contribution in [0.1, 0.15) is 31.2 Å². The Balaban J connectivity index is 2.43. The molecule has 0 aliphatic carbocycles. The average molecular weight is 283 g/mol. The molecule has 1 aromatic carbocycles. The standard InChI is InChI=1S/C17H17NOS/c1-9-5-6-10(2)16-15(9)14(8-19)17(18-16)13-7-11(3)20-12(13)4/h5-8,18H,1-4H3. The number of carbonyl (C=O) groups is 1. The maximum Gasteiger partial charge on any atom is 0.152 e. The van der Waals surface area contributed by atoms with Crippen LogP contribution in [0.15, 0.2) is 18.2 Å². The van der Waals surface area contributed by atoms with Crippen molar-refractivity contribution in [3.8, 4) is 11.3 Å². The number of H-pyrrole nitrogens is 1. The molecule has 0 amide bonds. The third kappa shape index (κ3) is 1.81. The van der Waals surface area contributed by atoms with Gasteiger partial charge in [0.05, 0.1) is 5.69 Å². The molecule has 3 aromatic rings. The first kappa shape index (κ1) is 13.1. The number of rotatable bonds is 2. The van der Waals surface area contributed by atoms with E-state index in [0.29, 0.717) is 0 Å². The molecule has 0 atom stereocenters. The smallest absolute Gasteiger partial charge is 0.152 e. The summed E-state index contributed by atoms with van der Waals surface area (Å²) in [5.74, 6) is 0. The lowest BCUT2D eigenvalue weighted by atomic mass is 10.0. The van der Waals surface area contributed by atoms with Gasteiger partial charge in [0.25, 0.3) is 0 Å². The van der Waals surface area contributed by atoms with Gasteiger partial charge in [-0.05, 0) is 44.9 Å². The molecule has 3 heteroatoms. The Morgan fingerprint density at radius 2 is 1.80 bits per heavy atom. The van der Waals surface area contributed by atoms with Crippen LogP contribution in [0.25, 0.3) is 22.2 Å². The van der Waals surface area contributed by atoms with E-state index in [2.05, 4.69) is 50.9 Å². The molecule has 0 bridgehead atoms.